The fraction of sp³-hybridized carbons (Fsp3) is 0.667. The third-order valence-corrected chi connectivity index (χ3v) is 1.01. The quantitative estimate of drug-likeness (QED) is 0.282. The Bertz CT molecular complexity index is 234. The molecule has 13 heavy (non-hydrogen) atoms. The highest BCUT2D eigenvalue weighted by Gasteiger charge is 2.03. The first kappa shape index (κ1) is 11.2. The summed E-state index contributed by atoms with van der Waals surface area (Å²) in [6, 6.07) is 0. The molecule has 0 aliphatic carbocycles. The lowest BCUT2D eigenvalue weighted by atomic mass is 10.5. The molecule has 0 atom stereocenters. The maximum Gasteiger partial charge on any atom is 0.325 e. The highest BCUT2D eigenvalue weighted by molar-refractivity contribution is 5.83. The zero-order valence-electron chi connectivity index (χ0n) is 7.19. The van der Waals surface area contributed by atoms with Crippen molar-refractivity contribution in [3.8, 4) is 0 Å². The maximum atomic E-state index is 10.7. The second kappa shape index (κ2) is 6.93. The largest absolute Gasteiger partial charge is 0.465 e. The third kappa shape index (κ3) is 6.64. The Morgan fingerprint density at radius 3 is 2.85 bits per heavy atom. The molecule has 1 N–H and O–H groups in total. The first-order chi connectivity index (χ1) is 6.20. The van der Waals surface area contributed by atoms with Crippen LogP contribution in [0.5, 0.6) is 0 Å². The van der Waals surface area contributed by atoms with E-state index in [1.54, 1.807) is 6.92 Å². The zero-order chi connectivity index (χ0) is 10.1. The lowest BCUT2D eigenvalue weighted by Crippen LogP contribution is -2.31. The number of carbonyl (C=O) groups excluding carboxylic acids is 2. The standard InChI is InChI=1S/C6H10N4O3/c1-2-13-6(12)4-8-5(11)3-9-10-7/h2-4H2,1H3,(H,8,11). The van der Waals surface area contributed by atoms with Crippen LogP contribution in [0.25, 0.3) is 10.4 Å². The minimum atomic E-state index is -0.517. The topological polar surface area (TPSA) is 104 Å². The van der Waals surface area contributed by atoms with Crippen LogP contribution < -0.4 is 5.32 Å². The van der Waals surface area contributed by atoms with Gasteiger partial charge in [-0.3, -0.25) is 9.59 Å². The Morgan fingerprint density at radius 1 is 1.62 bits per heavy atom. The number of nitrogens with one attached hydrogen (secondary N) is 1. The van der Waals surface area contributed by atoms with Crippen LogP contribution in [0.4, 0.5) is 0 Å². The summed E-state index contributed by atoms with van der Waals surface area (Å²) in [6.07, 6.45) is 0. The van der Waals surface area contributed by atoms with E-state index in [0.717, 1.165) is 0 Å². The van der Waals surface area contributed by atoms with E-state index in [0.29, 0.717) is 0 Å². The highest BCUT2D eigenvalue weighted by Crippen LogP contribution is 1.77. The number of ether oxygens (including phenoxy) is 1. The summed E-state index contributed by atoms with van der Waals surface area (Å²) in [7, 11) is 0. The minimum absolute atomic E-state index is 0.201. The van der Waals surface area contributed by atoms with E-state index in [4.69, 9.17) is 5.53 Å². The van der Waals surface area contributed by atoms with Crippen molar-refractivity contribution in [3.63, 3.8) is 0 Å². The fourth-order valence-corrected chi connectivity index (χ4v) is 0.535. The number of hydrogen-bond donors (Lipinski definition) is 1. The van der Waals surface area contributed by atoms with Gasteiger partial charge in [0, 0.05) is 4.91 Å². The number of hydrogen-bond acceptors (Lipinski definition) is 4. The van der Waals surface area contributed by atoms with Crippen molar-refractivity contribution >= 4 is 11.9 Å². The summed E-state index contributed by atoms with van der Waals surface area (Å²) < 4.78 is 4.54. The van der Waals surface area contributed by atoms with Crippen LogP contribution in [0, 0.1) is 0 Å². The van der Waals surface area contributed by atoms with E-state index in [9.17, 15) is 9.59 Å². The molecule has 7 nitrogen and oxygen atoms in total. The van der Waals surface area contributed by atoms with Crippen molar-refractivity contribution in [2.24, 2.45) is 5.11 Å². The van der Waals surface area contributed by atoms with Crippen molar-refractivity contribution in [2.45, 2.75) is 6.92 Å². The molecule has 0 aromatic rings. The molecule has 0 radical (unpaired) electrons. The van der Waals surface area contributed by atoms with E-state index in [2.05, 4.69) is 20.1 Å². The van der Waals surface area contributed by atoms with Crippen molar-refractivity contribution in [1.29, 1.82) is 0 Å². The second-order valence-corrected chi connectivity index (χ2v) is 1.97. The number of amides is 1. The third-order valence-electron chi connectivity index (χ3n) is 1.01. The van der Waals surface area contributed by atoms with Crippen LogP contribution in [-0.2, 0) is 14.3 Å². The minimum Gasteiger partial charge on any atom is -0.465 e. The van der Waals surface area contributed by atoms with Gasteiger partial charge in [-0.25, -0.2) is 0 Å². The SMILES string of the molecule is CCOC(=O)CNC(=O)CN=[N+]=[N-]. The van der Waals surface area contributed by atoms with Gasteiger partial charge in [0.1, 0.15) is 13.1 Å². The normalized spacial score (nSPS) is 8.38. The Morgan fingerprint density at radius 2 is 2.31 bits per heavy atom. The number of rotatable bonds is 5. The summed E-state index contributed by atoms with van der Waals surface area (Å²) in [6.45, 7) is 1.42. The van der Waals surface area contributed by atoms with Crippen molar-refractivity contribution < 1.29 is 14.3 Å². The lowest BCUT2D eigenvalue weighted by Gasteiger charge is -2.02. The molecule has 1 amide bonds. The molecule has 0 rings (SSSR count). The molecule has 0 heterocycles. The number of esters is 1. The van der Waals surface area contributed by atoms with Gasteiger partial charge in [0.2, 0.25) is 5.91 Å². The molecule has 0 bridgehead atoms. The van der Waals surface area contributed by atoms with Crippen molar-refractivity contribution in [3.05, 3.63) is 10.4 Å². The van der Waals surface area contributed by atoms with Gasteiger partial charge in [-0.05, 0) is 12.5 Å². The predicted molar refractivity (Wildman–Crippen MR) is 43.7 cm³/mol. The molecule has 0 fully saturated rings. The Labute approximate surface area is 74.7 Å². The van der Waals surface area contributed by atoms with Crippen LogP contribution in [0.15, 0.2) is 5.11 Å². The van der Waals surface area contributed by atoms with Gasteiger partial charge in [-0.15, -0.1) is 0 Å². The Kier molecular flexibility index (Phi) is 6.00. The van der Waals surface area contributed by atoms with E-state index in [1.807, 2.05) is 0 Å². The highest BCUT2D eigenvalue weighted by atomic mass is 16.5. The fourth-order valence-electron chi connectivity index (χ4n) is 0.535. The van der Waals surface area contributed by atoms with Crippen LogP contribution in [-0.4, -0.2) is 31.6 Å². The van der Waals surface area contributed by atoms with Gasteiger partial charge in [0.15, 0.2) is 0 Å². The number of nitrogens with zero attached hydrogens (tertiary/aromatic N) is 3. The van der Waals surface area contributed by atoms with Crippen LogP contribution in [0.3, 0.4) is 0 Å². The summed E-state index contributed by atoms with van der Waals surface area (Å²) in [5.41, 5.74) is 7.86. The molecule has 7 heteroatoms. The summed E-state index contributed by atoms with van der Waals surface area (Å²) in [4.78, 5) is 23.8. The molecular weight excluding hydrogens is 176 g/mol. The summed E-state index contributed by atoms with van der Waals surface area (Å²) in [5.74, 6) is -1.03. The number of carbonyl (C=O) groups is 2. The molecule has 0 saturated heterocycles. The van der Waals surface area contributed by atoms with Gasteiger partial charge < -0.3 is 10.1 Å². The van der Waals surface area contributed by atoms with Gasteiger partial charge in [0.05, 0.1) is 6.61 Å². The van der Waals surface area contributed by atoms with Crippen LogP contribution in [0.1, 0.15) is 6.92 Å². The summed E-state index contributed by atoms with van der Waals surface area (Å²) >= 11 is 0. The molecule has 0 aromatic heterocycles. The average molecular weight is 186 g/mol. The molecule has 0 unspecified atom stereocenters. The zero-order valence-corrected chi connectivity index (χ0v) is 7.19. The number of azide groups is 1. The van der Waals surface area contributed by atoms with Crippen molar-refractivity contribution in [1.82, 2.24) is 5.32 Å². The maximum absolute atomic E-state index is 10.7. The summed E-state index contributed by atoms with van der Waals surface area (Å²) in [5, 5.41) is 5.24. The van der Waals surface area contributed by atoms with Gasteiger partial charge in [0.25, 0.3) is 0 Å². The molecule has 0 aromatic carbocycles. The van der Waals surface area contributed by atoms with E-state index >= 15 is 0 Å². The Hall–Kier alpha value is -1.75. The molecular formula is C6H10N4O3. The molecule has 0 aliphatic heterocycles. The smallest absolute Gasteiger partial charge is 0.325 e. The van der Waals surface area contributed by atoms with Gasteiger partial charge in [-0.2, -0.15) is 0 Å². The van der Waals surface area contributed by atoms with Crippen LogP contribution >= 0.6 is 0 Å². The first-order valence-corrected chi connectivity index (χ1v) is 3.64. The lowest BCUT2D eigenvalue weighted by molar-refractivity contribution is -0.143. The monoisotopic (exact) mass is 186 g/mol. The molecule has 0 spiro atoms. The average Bonchev–Trinajstić information content (AvgIpc) is 2.12. The van der Waals surface area contributed by atoms with Gasteiger partial charge >= 0.3 is 5.97 Å². The molecule has 72 valence electrons. The van der Waals surface area contributed by atoms with E-state index < -0.39 is 11.9 Å². The first-order valence-electron chi connectivity index (χ1n) is 3.64. The molecule has 0 aliphatic rings. The second-order valence-electron chi connectivity index (χ2n) is 1.97. The van der Waals surface area contributed by atoms with E-state index in [-0.39, 0.29) is 19.7 Å². The molecule has 0 saturated carbocycles. The predicted octanol–water partition coefficient (Wildman–Crippen LogP) is -0.0240. The van der Waals surface area contributed by atoms with Gasteiger partial charge in [-0.1, -0.05) is 5.11 Å². The van der Waals surface area contributed by atoms with Crippen molar-refractivity contribution in [2.75, 3.05) is 19.7 Å². The Balaban J connectivity index is 3.57. The van der Waals surface area contributed by atoms with Crippen LogP contribution in [0.2, 0.25) is 0 Å². The van der Waals surface area contributed by atoms with E-state index in [1.165, 1.54) is 0 Å².